The number of methoxy groups -OCH3 is 3. The molecule has 0 unspecified atom stereocenters. The summed E-state index contributed by atoms with van der Waals surface area (Å²) in [5.74, 6) is 1.31. The topological polar surface area (TPSA) is 92.3 Å². The maximum Gasteiger partial charge on any atom is 0.336 e. The molecule has 1 heterocycles. The standard InChI is InChI=1S/C31H37NO7/c1-7-13-39-31(34)28-18(3)32-22-14-21(19-9-11-24(35-4)26(16-19)36-5)15-23(33)30(22)29(28)20-10-12-25(38-8-2)27(17-20)37-6/h9-12,16-17,21,29,32H,7-8,13-15H2,1-6H3/t21-,29-/m1/s1. The number of hydrogen-bond acceptors (Lipinski definition) is 8. The van der Waals surface area contributed by atoms with Gasteiger partial charge in [0.05, 0.1) is 40.1 Å². The van der Waals surface area contributed by atoms with E-state index >= 15 is 0 Å². The number of allylic oxidation sites excluding steroid dienone is 3. The van der Waals surface area contributed by atoms with Crippen molar-refractivity contribution in [1.29, 1.82) is 0 Å². The number of rotatable bonds is 10. The monoisotopic (exact) mass is 535 g/mol. The second-order valence-corrected chi connectivity index (χ2v) is 9.61. The van der Waals surface area contributed by atoms with Crippen LogP contribution in [0.1, 0.15) is 63.0 Å². The summed E-state index contributed by atoms with van der Waals surface area (Å²) in [6, 6.07) is 11.3. The van der Waals surface area contributed by atoms with Gasteiger partial charge in [0.1, 0.15) is 0 Å². The van der Waals surface area contributed by atoms with Crippen LogP contribution in [-0.4, -0.2) is 46.3 Å². The molecule has 0 spiro atoms. The lowest BCUT2D eigenvalue weighted by Crippen LogP contribution is -2.36. The van der Waals surface area contributed by atoms with Gasteiger partial charge >= 0.3 is 5.97 Å². The summed E-state index contributed by atoms with van der Waals surface area (Å²) in [6.07, 6.45) is 1.61. The molecule has 0 radical (unpaired) electrons. The molecule has 1 aliphatic heterocycles. The maximum absolute atomic E-state index is 13.9. The van der Waals surface area contributed by atoms with Crippen LogP contribution in [0, 0.1) is 0 Å². The zero-order chi connectivity index (χ0) is 28.1. The van der Waals surface area contributed by atoms with Crippen LogP contribution in [0.15, 0.2) is 58.9 Å². The summed E-state index contributed by atoms with van der Waals surface area (Å²) in [7, 11) is 4.77. The second-order valence-electron chi connectivity index (χ2n) is 9.61. The number of ether oxygens (including phenoxy) is 5. The normalized spacial score (nSPS) is 18.8. The van der Waals surface area contributed by atoms with E-state index in [1.165, 1.54) is 0 Å². The number of benzene rings is 2. The highest BCUT2D eigenvalue weighted by molar-refractivity contribution is 6.04. The first-order chi connectivity index (χ1) is 18.9. The molecule has 2 atom stereocenters. The summed E-state index contributed by atoms with van der Waals surface area (Å²) < 4.78 is 27.8. The van der Waals surface area contributed by atoms with Gasteiger partial charge in [-0.3, -0.25) is 4.79 Å². The Morgan fingerprint density at radius 3 is 2.21 bits per heavy atom. The van der Waals surface area contributed by atoms with Crippen molar-refractivity contribution < 1.29 is 33.3 Å². The zero-order valence-electron chi connectivity index (χ0n) is 23.5. The van der Waals surface area contributed by atoms with Crippen molar-refractivity contribution in [2.45, 2.75) is 51.9 Å². The highest BCUT2D eigenvalue weighted by Crippen LogP contribution is 2.47. The van der Waals surface area contributed by atoms with Gasteiger partial charge in [-0.25, -0.2) is 4.79 Å². The van der Waals surface area contributed by atoms with E-state index in [9.17, 15) is 9.59 Å². The predicted molar refractivity (Wildman–Crippen MR) is 148 cm³/mol. The molecule has 0 saturated carbocycles. The highest BCUT2D eigenvalue weighted by Gasteiger charge is 2.41. The Kier molecular flexibility index (Phi) is 8.84. The van der Waals surface area contributed by atoms with E-state index in [0.29, 0.717) is 72.3 Å². The summed E-state index contributed by atoms with van der Waals surface area (Å²) in [4.78, 5) is 27.2. The molecular weight excluding hydrogens is 498 g/mol. The molecule has 208 valence electrons. The second kappa shape index (κ2) is 12.3. The Morgan fingerprint density at radius 2 is 1.54 bits per heavy atom. The van der Waals surface area contributed by atoms with Crippen molar-refractivity contribution in [1.82, 2.24) is 5.32 Å². The molecule has 0 saturated heterocycles. The summed E-state index contributed by atoms with van der Waals surface area (Å²) in [5, 5.41) is 3.39. The van der Waals surface area contributed by atoms with Crippen molar-refractivity contribution in [3.05, 3.63) is 70.1 Å². The molecule has 2 aliphatic rings. The third kappa shape index (κ3) is 5.60. The quantitative estimate of drug-likeness (QED) is 0.403. The highest BCUT2D eigenvalue weighted by atomic mass is 16.5. The average molecular weight is 536 g/mol. The summed E-state index contributed by atoms with van der Waals surface area (Å²) >= 11 is 0. The number of ketones is 1. The number of dihydropyridines is 1. The van der Waals surface area contributed by atoms with Gasteiger partial charge in [-0.2, -0.15) is 0 Å². The molecule has 0 aromatic heterocycles. The van der Waals surface area contributed by atoms with Crippen LogP contribution in [0.25, 0.3) is 0 Å². The number of carbonyl (C=O) groups excluding carboxylic acids is 2. The van der Waals surface area contributed by atoms with Gasteiger partial charge in [-0.1, -0.05) is 19.1 Å². The van der Waals surface area contributed by atoms with Crippen molar-refractivity contribution in [2.24, 2.45) is 0 Å². The molecule has 0 fully saturated rings. The van der Waals surface area contributed by atoms with E-state index in [-0.39, 0.29) is 11.7 Å². The van der Waals surface area contributed by atoms with E-state index in [2.05, 4.69) is 5.32 Å². The molecule has 2 aromatic carbocycles. The van der Waals surface area contributed by atoms with Crippen molar-refractivity contribution in [3.63, 3.8) is 0 Å². The Hall–Kier alpha value is -3.94. The van der Waals surface area contributed by atoms with Gasteiger partial charge in [-0.05, 0) is 68.0 Å². The number of nitrogens with one attached hydrogen (secondary N) is 1. The minimum Gasteiger partial charge on any atom is -0.493 e. The fourth-order valence-corrected chi connectivity index (χ4v) is 5.40. The van der Waals surface area contributed by atoms with Gasteiger partial charge in [0, 0.05) is 29.3 Å². The minimum absolute atomic E-state index is 0.0188. The zero-order valence-corrected chi connectivity index (χ0v) is 23.5. The lowest BCUT2D eigenvalue weighted by Gasteiger charge is -2.37. The third-order valence-corrected chi connectivity index (χ3v) is 7.18. The van der Waals surface area contributed by atoms with E-state index in [0.717, 1.165) is 16.8 Å². The summed E-state index contributed by atoms with van der Waals surface area (Å²) in [6.45, 7) is 6.50. The van der Waals surface area contributed by atoms with Gasteiger partial charge < -0.3 is 29.0 Å². The first kappa shape index (κ1) is 28.1. The van der Waals surface area contributed by atoms with Crippen molar-refractivity contribution in [2.75, 3.05) is 34.5 Å². The Labute approximate surface area is 229 Å². The lowest BCUT2D eigenvalue weighted by atomic mass is 9.71. The van der Waals surface area contributed by atoms with E-state index in [1.807, 2.05) is 57.2 Å². The molecular formula is C31H37NO7. The Morgan fingerprint density at radius 1 is 0.897 bits per heavy atom. The minimum atomic E-state index is -0.589. The molecule has 0 bridgehead atoms. The van der Waals surface area contributed by atoms with Crippen LogP contribution in [0.2, 0.25) is 0 Å². The van der Waals surface area contributed by atoms with Crippen LogP contribution >= 0.6 is 0 Å². The van der Waals surface area contributed by atoms with E-state index in [4.69, 9.17) is 23.7 Å². The van der Waals surface area contributed by atoms with Crippen LogP contribution in [0.5, 0.6) is 23.0 Å². The van der Waals surface area contributed by atoms with Crippen LogP contribution in [0.4, 0.5) is 0 Å². The van der Waals surface area contributed by atoms with E-state index in [1.54, 1.807) is 21.3 Å². The fraction of sp³-hybridized carbons (Fsp3) is 0.419. The molecule has 1 N–H and O–H groups in total. The first-order valence-electron chi connectivity index (χ1n) is 13.3. The van der Waals surface area contributed by atoms with Crippen molar-refractivity contribution in [3.8, 4) is 23.0 Å². The summed E-state index contributed by atoms with van der Waals surface area (Å²) in [5.41, 5.74) is 4.27. The van der Waals surface area contributed by atoms with Gasteiger partial charge in [0.25, 0.3) is 0 Å². The van der Waals surface area contributed by atoms with Gasteiger partial charge in [0.15, 0.2) is 28.8 Å². The van der Waals surface area contributed by atoms with Gasteiger partial charge in [-0.15, -0.1) is 0 Å². The number of carbonyl (C=O) groups is 2. The van der Waals surface area contributed by atoms with E-state index < -0.39 is 11.9 Å². The van der Waals surface area contributed by atoms with Crippen LogP contribution in [-0.2, 0) is 14.3 Å². The molecule has 1 aliphatic carbocycles. The number of esters is 1. The fourth-order valence-electron chi connectivity index (χ4n) is 5.40. The maximum atomic E-state index is 13.9. The molecule has 39 heavy (non-hydrogen) atoms. The molecule has 8 nitrogen and oxygen atoms in total. The van der Waals surface area contributed by atoms with Gasteiger partial charge in [0.2, 0.25) is 0 Å². The molecule has 8 heteroatoms. The largest absolute Gasteiger partial charge is 0.493 e. The third-order valence-electron chi connectivity index (χ3n) is 7.18. The number of Topliss-reactive ketones (excluding diaryl/α,β-unsaturated/α-hetero) is 1. The Bertz CT molecular complexity index is 1310. The van der Waals surface area contributed by atoms with Crippen LogP contribution in [0.3, 0.4) is 0 Å². The lowest BCUT2D eigenvalue weighted by molar-refractivity contribution is -0.139. The molecule has 0 amide bonds. The SMILES string of the molecule is CCCOC(=O)C1=C(C)NC2=C(C(=O)C[C@H](c3ccc(OC)c(OC)c3)C2)[C@@H]1c1ccc(OCC)c(OC)c1. The first-order valence-corrected chi connectivity index (χ1v) is 13.3. The number of hydrogen-bond donors (Lipinski definition) is 1. The average Bonchev–Trinajstić information content (AvgIpc) is 2.94. The predicted octanol–water partition coefficient (Wildman–Crippen LogP) is 5.43. The Balaban J connectivity index is 1.79. The molecule has 2 aromatic rings. The smallest absolute Gasteiger partial charge is 0.336 e. The van der Waals surface area contributed by atoms with Crippen molar-refractivity contribution >= 4 is 11.8 Å². The van der Waals surface area contributed by atoms with Crippen LogP contribution < -0.4 is 24.3 Å². The molecule has 4 rings (SSSR count).